The van der Waals surface area contributed by atoms with Crippen molar-refractivity contribution in [2.45, 2.75) is 51.1 Å². The molecule has 0 saturated carbocycles. The van der Waals surface area contributed by atoms with E-state index in [-0.39, 0.29) is 6.61 Å². The summed E-state index contributed by atoms with van der Waals surface area (Å²) in [6.45, 7) is 1.52. The number of amides is 1. The van der Waals surface area contributed by atoms with Crippen LogP contribution < -0.4 is 5.32 Å². The Morgan fingerprint density at radius 1 is 1.05 bits per heavy atom. The molecular formula is C12H18F5NO3. The molecule has 0 aromatic rings. The zero-order valence-corrected chi connectivity index (χ0v) is 11.6. The van der Waals surface area contributed by atoms with Crippen LogP contribution in [0.5, 0.6) is 0 Å². The third kappa shape index (κ3) is 7.24. The van der Waals surface area contributed by atoms with Crippen molar-refractivity contribution in [2.75, 3.05) is 13.2 Å². The van der Waals surface area contributed by atoms with E-state index in [0.717, 1.165) is 19.3 Å². The molecule has 0 aliphatic rings. The van der Waals surface area contributed by atoms with Crippen LogP contribution in [0, 0.1) is 0 Å². The summed E-state index contributed by atoms with van der Waals surface area (Å²) in [4.78, 5) is 21.8. The van der Waals surface area contributed by atoms with Crippen LogP contribution in [0.1, 0.15) is 39.0 Å². The molecule has 0 spiro atoms. The highest BCUT2D eigenvalue weighted by Crippen LogP contribution is 2.35. The Balaban J connectivity index is 3.89. The number of unbranched alkanes of at least 4 members (excludes halogenated alkanes) is 3. The Hall–Kier alpha value is -1.41. The molecule has 1 N–H and O–H groups in total. The fourth-order valence-corrected chi connectivity index (χ4v) is 1.30. The Morgan fingerprint density at radius 2 is 1.67 bits per heavy atom. The lowest BCUT2D eigenvalue weighted by Gasteiger charge is -2.18. The highest BCUT2D eigenvalue weighted by atomic mass is 19.4. The van der Waals surface area contributed by atoms with Gasteiger partial charge in [0.2, 0.25) is 0 Å². The summed E-state index contributed by atoms with van der Waals surface area (Å²) in [6.07, 6.45) is -2.91. The highest BCUT2D eigenvalue weighted by molar-refractivity contribution is 5.84. The smallest absolute Gasteiger partial charge is 0.463 e. The zero-order valence-electron chi connectivity index (χ0n) is 11.6. The number of carbonyl (C=O) groups is 2. The second-order valence-corrected chi connectivity index (χ2v) is 4.36. The molecule has 0 aliphatic carbocycles. The van der Waals surface area contributed by atoms with E-state index in [9.17, 15) is 31.5 Å². The van der Waals surface area contributed by atoms with E-state index in [1.54, 1.807) is 0 Å². The number of rotatable bonds is 9. The molecule has 0 unspecified atom stereocenters. The zero-order chi connectivity index (χ0) is 16.5. The number of ether oxygens (including phenoxy) is 1. The summed E-state index contributed by atoms with van der Waals surface area (Å²) in [5.41, 5.74) is 0. The Kier molecular flexibility index (Phi) is 8.19. The van der Waals surface area contributed by atoms with Crippen LogP contribution in [0.25, 0.3) is 0 Å². The molecule has 0 bridgehead atoms. The molecule has 0 fully saturated rings. The minimum atomic E-state index is -5.96. The van der Waals surface area contributed by atoms with Crippen molar-refractivity contribution in [3.8, 4) is 0 Å². The van der Waals surface area contributed by atoms with Gasteiger partial charge in [0.25, 0.3) is 5.91 Å². The maximum absolute atomic E-state index is 12.5. The summed E-state index contributed by atoms with van der Waals surface area (Å²) in [5.74, 6) is -8.72. The molecule has 0 heterocycles. The van der Waals surface area contributed by atoms with Crippen LogP contribution in [0.3, 0.4) is 0 Å². The molecule has 0 aromatic heterocycles. The summed E-state index contributed by atoms with van der Waals surface area (Å²) < 4.78 is 65.3. The second-order valence-electron chi connectivity index (χ2n) is 4.36. The number of hydrogen-bond acceptors (Lipinski definition) is 3. The first kappa shape index (κ1) is 19.6. The molecule has 0 rings (SSSR count). The summed E-state index contributed by atoms with van der Waals surface area (Å²) in [7, 11) is 0. The van der Waals surface area contributed by atoms with Crippen LogP contribution in [0.2, 0.25) is 0 Å². The van der Waals surface area contributed by atoms with E-state index in [1.165, 1.54) is 5.32 Å². The van der Waals surface area contributed by atoms with Gasteiger partial charge in [0.1, 0.15) is 0 Å². The summed E-state index contributed by atoms with van der Waals surface area (Å²) in [6, 6.07) is 0. The van der Waals surface area contributed by atoms with E-state index in [1.807, 2.05) is 6.92 Å². The number of halogens is 5. The first-order valence-corrected chi connectivity index (χ1v) is 6.51. The van der Waals surface area contributed by atoms with Gasteiger partial charge in [-0.1, -0.05) is 26.2 Å². The summed E-state index contributed by atoms with van der Waals surface area (Å²) in [5, 5.41) is 1.36. The van der Waals surface area contributed by atoms with Crippen LogP contribution in [0.15, 0.2) is 0 Å². The van der Waals surface area contributed by atoms with Gasteiger partial charge >= 0.3 is 18.1 Å². The molecule has 9 heteroatoms. The van der Waals surface area contributed by atoms with E-state index < -0.39 is 36.9 Å². The fraction of sp³-hybridized carbons (Fsp3) is 0.833. The predicted octanol–water partition coefficient (Wildman–Crippen LogP) is 2.81. The molecule has 1 amide bonds. The van der Waals surface area contributed by atoms with Crippen LogP contribution in [0.4, 0.5) is 22.0 Å². The van der Waals surface area contributed by atoms with Crippen molar-refractivity contribution in [3.63, 3.8) is 0 Å². The molecule has 124 valence electrons. The average Bonchev–Trinajstić information content (AvgIpc) is 2.37. The lowest BCUT2D eigenvalue weighted by Crippen LogP contribution is -2.50. The molecule has 0 atom stereocenters. The Bertz CT molecular complexity index is 344. The van der Waals surface area contributed by atoms with E-state index in [0.29, 0.717) is 6.42 Å². The number of nitrogens with one attached hydrogen (secondary N) is 1. The van der Waals surface area contributed by atoms with Gasteiger partial charge in [-0.05, 0) is 6.42 Å². The molecule has 0 aromatic carbocycles. The molecule has 0 saturated heterocycles. The second kappa shape index (κ2) is 8.78. The van der Waals surface area contributed by atoms with Crippen molar-refractivity contribution >= 4 is 11.9 Å². The van der Waals surface area contributed by atoms with E-state index in [4.69, 9.17) is 4.74 Å². The molecule has 21 heavy (non-hydrogen) atoms. The van der Waals surface area contributed by atoms with Crippen LogP contribution in [-0.4, -0.2) is 37.1 Å². The van der Waals surface area contributed by atoms with E-state index in [2.05, 4.69) is 0 Å². The van der Waals surface area contributed by atoms with Gasteiger partial charge in [-0.3, -0.25) is 9.59 Å². The van der Waals surface area contributed by atoms with Gasteiger partial charge in [0.15, 0.2) is 0 Å². The normalized spacial score (nSPS) is 12.1. The SMILES string of the molecule is CCCCCCOC(=O)CCNC(=O)C(F)(F)C(F)(F)F. The number of carbonyl (C=O) groups excluding carboxylic acids is 2. The summed E-state index contributed by atoms with van der Waals surface area (Å²) >= 11 is 0. The van der Waals surface area contributed by atoms with Crippen LogP contribution in [-0.2, 0) is 14.3 Å². The van der Waals surface area contributed by atoms with Crippen molar-refractivity contribution in [1.29, 1.82) is 0 Å². The van der Waals surface area contributed by atoms with Gasteiger partial charge in [0.05, 0.1) is 13.0 Å². The van der Waals surface area contributed by atoms with Crippen molar-refractivity contribution in [3.05, 3.63) is 0 Å². The third-order valence-corrected chi connectivity index (χ3v) is 2.52. The topological polar surface area (TPSA) is 55.4 Å². The number of hydrogen-bond donors (Lipinski definition) is 1. The third-order valence-electron chi connectivity index (χ3n) is 2.52. The van der Waals surface area contributed by atoms with Crippen molar-refractivity contribution < 1.29 is 36.3 Å². The minimum Gasteiger partial charge on any atom is -0.466 e. The van der Waals surface area contributed by atoms with Gasteiger partial charge in [-0.25, -0.2) is 0 Å². The maximum atomic E-state index is 12.5. The fourth-order valence-electron chi connectivity index (χ4n) is 1.30. The van der Waals surface area contributed by atoms with E-state index >= 15 is 0 Å². The maximum Gasteiger partial charge on any atom is 0.463 e. The largest absolute Gasteiger partial charge is 0.466 e. The van der Waals surface area contributed by atoms with Crippen LogP contribution >= 0.6 is 0 Å². The molecule has 4 nitrogen and oxygen atoms in total. The monoisotopic (exact) mass is 319 g/mol. The lowest BCUT2D eigenvalue weighted by atomic mass is 10.2. The first-order chi connectivity index (χ1) is 9.63. The standard InChI is InChI=1S/C12H18F5NO3/c1-2-3-4-5-8-21-9(19)6-7-18-10(20)11(13,14)12(15,16)17/h2-8H2,1H3,(H,18,20). The average molecular weight is 319 g/mol. The highest BCUT2D eigenvalue weighted by Gasteiger charge is 2.63. The van der Waals surface area contributed by atoms with Crippen molar-refractivity contribution in [2.24, 2.45) is 0 Å². The lowest BCUT2D eigenvalue weighted by molar-refractivity contribution is -0.269. The quantitative estimate of drug-likeness (QED) is 0.404. The molecule has 0 radical (unpaired) electrons. The Labute approximate surface area is 119 Å². The number of esters is 1. The molecular weight excluding hydrogens is 301 g/mol. The first-order valence-electron chi connectivity index (χ1n) is 6.51. The van der Waals surface area contributed by atoms with Gasteiger partial charge in [-0.15, -0.1) is 0 Å². The van der Waals surface area contributed by atoms with Gasteiger partial charge in [0, 0.05) is 6.54 Å². The predicted molar refractivity (Wildman–Crippen MR) is 63.7 cm³/mol. The van der Waals surface area contributed by atoms with Crippen molar-refractivity contribution in [1.82, 2.24) is 5.32 Å². The van der Waals surface area contributed by atoms with Gasteiger partial charge < -0.3 is 10.1 Å². The Morgan fingerprint density at radius 3 is 2.19 bits per heavy atom. The van der Waals surface area contributed by atoms with Gasteiger partial charge in [-0.2, -0.15) is 22.0 Å². The number of alkyl halides is 5. The minimum absolute atomic E-state index is 0.158. The molecule has 0 aliphatic heterocycles.